The lowest BCUT2D eigenvalue weighted by Gasteiger charge is -2.09. The molecule has 2 aromatic rings. The van der Waals surface area contributed by atoms with Crippen LogP contribution in [0.3, 0.4) is 0 Å². The lowest BCUT2D eigenvalue weighted by atomic mass is 10.0. The summed E-state index contributed by atoms with van der Waals surface area (Å²) in [4.78, 5) is 16.1. The number of hydrogen-bond acceptors (Lipinski definition) is 6. The van der Waals surface area contributed by atoms with E-state index in [1.807, 2.05) is 6.92 Å². The van der Waals surface area contributed by atoms with Crippen molar-refractivity contribution in [2.24, 2.45) is 0 Å². The number of hydrogen-bond donors (Lipinski definition) is 0. The molecule has 0 saturated heterocycles. The van der Waals surface area contributed by atoms with Gasteiger partial charge in [-0.1, -0.05) is 18.5 Å². The highest BCUT2D eigenvalue weighted by Gasteiger charge is 2.27. The molecule has 6 nitrogen and oxygen atoms in total. The summed E-state index contributed by atoms with van der Waals surface area (Å²) in [6.45, 7) is 4.08. The Labute approximate surface area is 110 Å². The van der Waals surface area contributed by atoms with Crippen molar-refractivity contribution >= 4 is 5.97 Å². The van der Waals surface area contributed by atoms with Crippen molar-refractivity contribution in [3.63, 3.8) is 0 Å². The number of carbonyl (C=O) groups is 1. The van der Waals surface area contributed by atoms with Gasteiger partial charge < -0.3 is 13.7 Å². The molecule has 0 aliphatic carbocycles. The van der Waals surface area contributed by atoms with Crippen molar-refractivity contribution in [2.45, 2.75) is 32.6 Å². The Morgan fingerprint density at radius 3 is 2.95 bits per heavy atom. The van der Waals surface area contributed by atoms with Crippen molar-refractivity contribution in [3.8, 4) is 11.6 Å². The van der Waals surface area contributed by atoms with Gasteiger partial charge in [-0.25, -0.2) is 0 Å². The van der Waals surface area contributed by atoms with Crippen molar-refractivity contribution in [2.75, 3.05) is 6.61 Å². The molecule has 0 bridgehead atoms. The summed E-state index contributed by atoms with van der Waals surface area (Å²) in [7, 11) is 0. The van der Waals surface area contributed by atoms with Crippen LogP contribution in [0.1, 0.15) is 38.5 Å². The average Bonchev–Trinajstić information content (AvgIpc) is 3.06. The lowest BCUT2D eigenvalue weighted by Crippen LogP contribution is -2.16. The van der Waals surface area contributed by atoms with Crippen LogP contribution in [-0.4, -0.2) is 22.7 Å². The van der Waals surface area contributed by atoms with Crippen LogP contribution in [0.2, 0.25) is 0 Å². The van der Waals surface area contributed by atoms with E-state index < -0.39 is 5.92 Å². The maximum absolute atomic E-state index is 11.9. The highest BCUT2D eigenvalue weighted by atomic mass is 16.5. The third-order valence-electron chi connectivity index (χ3n) is 2.63. The minimum Gasteiger partial charge on any atom is -0.465 e. The summed E-state index contributed by atoms with van der Waals surface area (Å²) in [5.74, 6) is 0.270. The number of esters is 1. The summed E-state index contributed by atoms with van der Waals surface area (Å²) in [5, 5.41) is 3.82. The zero-order chi connectivity index (χ0) is 13.7. The Hall–Kier alpha value is -2.11. The highest BCUT2D eigenvalue weighted by molar-refractivity contribution is 5.76. The van der Waals surface area contributed by atoms with Gasteiger partial charge >= 0.3 is 5.97 Å². The summed E-state index contributed by atoms with van der Waals surface area (Å²) in [5.41, 5.74) is 0. The van der Waals surface area contributed by atoms with Crippen molar-refractivity contribution in [3.05, 3.63) is 24.3 Å². The molecule has 0 aromatic carbocycles. The SMILES string of the molecule is CCCC(C(=O)OCC)c1nc(-c2ccco2)no1. The number of aromatic nitrogens is 2. The Morgan fingerprint density at radius 2 is 2.32 bits per heavy atom. The van der Waals surface area contributed by atoms with E-state index in [0.29, 0.717) is 24.6 Å². The zero-order valence-electron chi connectivity index (χ0n) is 11.0. The van der Waals surface area contributed by atoms with Gasteiger partial charge in [-0.15, -0.1) is 0 Å². The normalized spacial score (nSPS) is 12.3. The Kier molecular flexibility index (Phi) is 4.33. The van der Waals surface area contributed by atoms with Crippen molar-refractivity contribution in [1.29, 1.82) is 0 Å². The van der Waals surface area contributed by atoms with Gasteiger partial charge in [0.2, 0.25) is 11.7 Å². The molecule has 0 saturated carbocycles. The molecular weight excluding hydrogens is 248 g/mol. The smallest absolute Gasteiger partial charge is 0.318 e. The van der Waals surface area contributed by atoms with Gasteiger partial charge in [0.1, 0.15) is 5.92 Å². The molecule has 2 rings (SSSR count). The maximum atomic E-state index is 11.9. The van der Waals surface area contributed by atoms with E-state index >= 15 is 0 Å². The van der Waals surface area contributed by atoms with Crippen LogP contribution in [0.15, 0.2) is 27.3 Å². The Bertz CT molecular complexity index is 518. The van der Waals surface area contributed by atoms with Crippen LogP contribution >= 0.6 is 0 Å². The summed E-state index contributed by atoms with van der Waals surface area (Å²) in [6, 6.07) is 3.47. The van der Waals surface area contributed by atoms with Crippen LogP contribution in [0, 0.1) is 0 Å². The van der Waals surface area contributed by atoms with Gasteiger partial charge in [-0.05, 0) is 25.5 Å². The topological polar surface area (TPSA) is 78.4 Å². The summed E-state index contributed by atoms with van der Waals surface area (Å²) in [6.07, 6.45) is 2.96. The first-order valence-corrected chi connectivity index (χ1v) is 6.30. The zero-order valence-corrected chi connectivity index (χ0v) is 11.0. The molecule has 2 aromatic heterocycles. The van der Waals surface area contributed by atoms with Gasteiger partial charge in [0.05, 0.1) is 12.9 Å². The van der Waals surface area contributed by atoms with Crippen LogP contribution in [0.5, 0.6) is 0 Å². The summed E-state index contributed by atoms with van der Waals surface area (Å²) >= 11 is 0. The van der Waals surface area contributed by atoms with E-state index in [1.54, 1.807) is 19.1 Å². The van der Waals surface area contributed by atoms with Gasteiger partial charge in [-0.3, -0.25) is 4.79 Å². The fourth-order valence-corrected chi connectivity index (χ4v) is 1.76. The van der Waals surface area contributed by atoms with Crippen LogP contribution in [0.4, 0.5) is 0 Å². The van der Waals surface area contributed by atoms with Crippen LogP contribution in [-0.2, 0) is 9.53 Å². The summed E-state index contributed by atoms with van der Waals surface area (Å²) < 4.78 is 15.3. The van der Waals surface area contributed by atoms with Gasteiger partial charge in [0, 0.05) is 0 Å². The molecular formula is C13H16N2O4. The van der Waals surface area contributed by atoms with Crippen molar-refractivity contribution in [1.82, 2.24) is 10.1 Å². The number of carbonyl (C=O) groups excluding carboxylic acids is 1. The molecule has 0 radical (unpaired) electrons. The molecule has 6 heteroatoms. The molecule has 2 heterocycles. The molecule has 19 heavy (non-hydrogen) atoms. The standard InChI is InChI=1S/C13H16N2O4/c1-3-6-9(13(16)17-4-2)12-14-11(15-19-12)10-7-5-8-18-10/h5,7-9H,3-4,6H2,1-2H3. The monoisotopic (exact) mass is 264 g/mol. The van der Waals surface area contributed by atoms with E-state index in [2.05, 4.69) is 10.1 Å². The molecule has 0 N–H and O–H groups in total. The first kappa shape index (κ1) is 13.3. The second-order valence-electron chi connectivity index (χ2n) is 4.03. The highest BCUT2D eigenvalue weighted by Crippen LogP contribution is 2.24. The first-order chi connectivity index (χ1) is 9.26. The van der Waals surface area contributed by atoms with E-state index in [4.69, 9.17) is 13.7 Å². The predicted octanol–water partition coefficient (Wildman–Crippen LogP) is 2.78. The minimum atomic E-state index is -0.513. The number of ether oxygens (including phenoxy) is 1. The number of nitrogens with zero attached hydrogens (tertiary/aromatic N) is 2. The van der Waals surface area contributed by atoms with E-state index in [1.165, 1.54) is 6.26 Å². The molecule has 102 valence electrons. The minimum absolute atomic E-state index is 0.270. The maximum Gasteiger partial charge on any atom is 0.318 e. The van der Waals surface area contributed by atoms with Crippen molar-refractivity contribution < 1.29 is 18.5 Å². The van der Waals surface area contributed by atoms with E-state index in [-0.39, 0.29) is 11.9 Å². The third-order valence-corrected chi connectivity index (χ3v) is 2.63. The fraction of sp³-hybridized carbons (Fsp3) is 0.462. The molecule has 0 amide bonds. The quantitative estimate of drug-likeness (QED) is 0.746. The Morgan fingerprint density at radius 1 is 1.47 bits per heavy atom. The third kappa shape index (κ3) is 3.01. The first-order valence-electron chi connectivity index (χ1n) is 6.30. The second-order valence-corrected chi connectivity index (χ2v) is 4.03. The van der Waals surface area contributed by atoms with E-state index in [9.17, 15) is 4.79 Å². The average molecular weight is 264 g/mol. The lowest BCUT2D eigenvalue weighted by molar-refractivity contribution is -0.145. The van der Waals surface area contributed by atoms with Gasteiger partial charge in [0.15, 0.2) is 5.76 Å². The molecule has 1 atom stereocenters. The fourth-order valence-electron chi connectivity index (χ4n) is 1.76. The molecule has 0 spiro atoms. The number of furan rings is 1. The molecule has 1 unspecified atom stereocenters. The van der Waals surface area contributed by atoms with E-state index in [0.717, 1.165) is 6.42 Å². The predicted molar refractivity (Wildman–Crippen MR) is 66.3 cm³/mol. The van der Waals surface area contributed by atoms with Gasteiger partial charge in [0.25, 0.3) is 0 Å². The molecule has 0 aliphatic heterocycles. The molecule has 0 fully saturated rings. The Balaban J connectivity index is 2.20. The molecule has 0 aliphatic rings. The van der Waals surface area contributed by atoms with Crippen LogP contribution in [0.25, 0.3) is 11.6 Å². The van der Waals surface area contributed by atoms with Gasteiger partial charge in [-0.2, -0.15) is 4.98 Å². The largest absolute Gasteiger partial charge is 0.465 e. The second kappa shape index (κ2) is 6.17. The van der Waals surface area contributed by atoms with Crippen LogP contribution < -0.4 is 0 Å². The number of rotatable bonds is 6.